The Hall–Kier alpha value is -1.98. The number of anilines is 1. The molecule has 0 bridgehead atoms. The van der Waals surface area contributed by atoms with Crippen LogP contribution in [-0.4, -0.2) is 25.5 Å². The number of nitrogens with zero attached hydrogens (tertiary/aromatic N) is 4. The first-order valence-electron chi connectivity index (χ1n) is 4.69. The lowest BCUT2D eigenvalue weighted by Gasteiger charge is -1.94. The summed E-state index contributed by atoms with van der Waals surface area (Å²) in [5, 5.41) is 6.70. The Morgan fingerprint density at radius 1 is 1.60 bits per heavy atom. The molecule has 0 fully saturated rings. The van der Waals surface area contributed by atoms with Crippen LogP contribution in [0.4, 0.5) is 5.95 Å². The molecule has 6 heteroatoms. The van der Waals surface area contributed by atoms with E-state index in [0.29, 0.717) is 18.1 Å². The highest BCUT2D eigenvalue weighted by molar-refractivity contribution is 5.88. The first-order chi connectivity index (χ1) is 7.20. The van der Waals surface area contributed by atoms with Gasteiger partial charge in [-0.05, 0) is 13.0 Å². The molecular weight excluding hydrogens is 194 g/mol. The van der Waals surface area contributed by atoms with Crippen molar-refractivity contribution in [1.29, 1.82) is 0 Å². The van der Waals surface area contributed by atoms with Crippen LogP contribution in [0, 0.1) is 6.92 Å². The average molecular weight is 205 g/mol. The topological polar surface area (TPSA) is 72.2 Å². The normalized spacial score (nSPS) is 10.5. The van der Waals surface area contributed by atoms with Gasteiger partial charge in [0, 0.05) is 18.3 Å². The van der Waals surface area contributed by atoms with Crippen LogP contribution >= 0.6 is 0 Å². The third-order valence-corrected chi connectivity index (χ3v) is 2.00. The van der Waals surface area contributed by atoms with E-state index in [2.05, 4.69) is 20.4 Å². The lowest BCUT2D eigenvalue weighted by Crippen LogP contribution is -2.10. The zero-order chi connectivity index (χ0) is 10.8. The maximum Gasteiger partial charge on any atom is 0.254 e. The minimum Gasteiger partial charge on any atom is -0.293 e. The number of aryl methyl sites for hydroxylation is 1. The summed E-state index contributed by atoms with van der Waals surface area (Å²) in [6, 6.07) is 1.83. The van der Waals surface area contributed by atoms with Gasteiger partial charge in [-0.25, -0.2) is 4.98 Å². The molecule has 1 amide bonds. The van der Waals surface area contributed by atoms with Crippen LogP contribution in [0.2, 0.25) is 0 Å². The highest BCUT2D eigenvalue weighted by Gasteiger charge is 2.07. The maximum absolute atomic E-state index is 11.1. The molecule has 2 rings (SSSR count). The van der Waals surface area contributed by atoms with E-state index in [1.54, 1.807) is 17.6 Å². The Labute approximate surface area is 86.3 Å². The van der Waals surface area contributed by atoms with Crippen molar-refractivity contribution in [3.05, 3.63) is 18.0 Å². The molecule has 0 aliphatic heterocycles. The summed E-state index contributed by atoms with van der Waals surface area (Å²) >= 11 is 0. The molecule has 6 nitrogen and oxygen atoms in total. The second-order valence-corrected chi connectivity index (χ2v) is 3.14. The zero-order valence-electron chi connectivity index (χ0n) is 8.56. The number of hydrogen-bond donors (Lipinski definition) is 1. The number of hydrogen-bond acceptors (Lipinski definition) is 4. The maximum atomic E-state index is 11.1. The van der Waals surface area contributed by atoms with E-state index in [-0.39, 0.29) is 5.91 Å². The van der Waals surface area contributed by atoms with Crippen LogP contribution in [-0.2, 0) is 4.79 Å². The quantitative estimate of drug-likeness (QED) is 0.786. The van der Waals surface area contributed by atoms with Crippen LogP contribution in [0.1, 0.15) is 19.0 Å². The van der Waals surface area contributed by atoms with Crippen molar-refractivity contribution in [2.24, 2.45) is 0 Å². The largest absolute Gasteiger partial charge is 0.293 e. The van der Waals surface area contributed by atoms with E-state index in [4.69, 9.17) is 0 Å². The van der Waals surface area contributed by atoms with Crippen molar-refractivity contribution in [2.75, 3.05) is 5.32 Å². The summed E-state index contributed by atoms with van der Waals surface area (Å²) in [5.41, 5.74) is 0.921. The smallest absolute Gasteiger partial charge is 0.254 e. The second-order valence-electron chi connectivity index (χ2n) is 3.14. The van der Waals surface area contributed by atoms with Gasteiger partial charge in [0.15, 0.2) is 0 Å². The van der Waals surface area contributed by atoms with Gasteiger partial charge < -0.3 is 0 Å². The molecular formula is C9H11N5O. The number of amides is 1. The van der Waals surface area contributed by atoms with Crippen LogP contribution in [0.25, 0.3) is 5.78 Å². The zero-order valence-corrected chi connectivity index (χ0v) is 8.56. The summed E-state index contributed by atoms with van der Waals surface area (Å²) in [4.78, 5) is 19.2. The van der Waals surface area contributed by atoms with Gasteiger partial charge in [0.05, 0.1) is 0 Å². The number of carbonyl (C=O) groups is 1. The second kappa shape index (κ2) is 3.64. The fourth-order valence-electron chi connectivity index (χ4n) is 1.17. The van der Waals surface area contributed by atoms with E-state index in [1.165, 1.54) is 0 Å². The minimum absolute atomic E-state index is 0.108. The first kappa shape index (κ1) is 9.57. The minimum atomic E-state index is -0.108. The number of carbonyl (C=O) groups excluding carboxylic acids is 1. The molecule has 0 unspecified atom stereocenters. The van der Waals surface area contributed by atoms with Gasteiger partial charge in [-0.15, -0.1) is 5.10 Å². The third kappa shape index (κ3) is 1.78. The van der Waals surface area contributed by atoms with Gasteiger partial charge in [-0.3, -0.25) is 10.1 Å². The fourth-order valence-corrected chi connectivity index (χ4v) is 1.17. The summed E-state index contributed by atoms with van der Waals surface area (Å²) in [6.45, 7) is 3.67. The molecule has 1 N–H and O–H groups in total. The summed E-state index contributed by atoms with van der Waals surface area (Å²) in [6.07, 6.45) is 2.06. The molecule has 0 aromatic carbocycles. The molecule has 0 radical (unpaired) electrons. The number of aromatic nitrogens is 4. The fraction of sp³-hybridized carbons (Fsp3) is 0.333. The lowest BCUT2D eigenvalue weighted by molar-refractivity contribution is -0.115. The van der Waals surface area contributed by atoms with Crippen LogP contribution < -0.4 is 5.32 Å². The van der Waals surface area contributed by atoms with Gasteiger partial charge >= 0.3 is 0 Å². The Kier molecular flexibility index (Phi) is 2.32. The van der Waals surface area contributed by atoms with Crippen molar-refractivity contribution in [2.45, 2.75) is 20.3 Å². The number of rotatable bonds is 2. The summed E-state index contributed by atoms with van der Waals surface area (Å²) in [5.74, 6) is 0.675. The lowest BCUT2D eigenvalue weighted by atomic mass is 10.5. The molecule has 15 heavy (non-hydrogen) atoms. The Morgan fingerprint density at radius 3 is 3.07 bits per heavy atom. The van der Waals surface area contributed by atoms with Gasteiger partial charge in [0.25, 0.3) is 11.7 Å². The Morgan fingerprint density at radius 2 is 2.40 bits per heavy atom. The monoisotopic (exact) mass is 205 g/mol. The van der Waals surface area contributed by atoms with Gasteiger partial charge in [0.2, 0.25) is 5.91 Å². The van der Waals surface area contributed by atoms with Gasteiger partial charge in [-0.2, -0.15) is 9.50 Å². The van der Waals surface area contributed by atoms with Crippen molar-refractivity contribution < 1.29 is 4.79 Å². The summed E-state index contributed by atoms with van der Waals surface area (Å²) in [7, 11) is 0. The Bertz CT molecular complexity index is 504. The van der Waals surface area contributed by atoms with Crippen molar-refractivity contribution in [3.63, 3.8) is 0 Å². The van der Waals surface area contributed by atoms with Gasteiger partial charge in [-0.1, -0.05) is 6.92 Å². The van der Waals surface area contributed by atoms with Crippen LogP contribution in [0.3, 0.4) is 0 Å². The molecule has 2 aromatic rings. The van der Waals surface area contributed by atoms with E-state index in [9.17, 15) is 4.79 Å². The summed E-state index contributed by atoms with van der Waals surface area (Å²) < 4.78 is 1.59. The molecule has 2 aromatic heterocycles. The predicted molar refractivity (Wildman–Crippen MR) is 54.4 cm³/mol. The molecule has 0 saturated heterocycles. The highest BCUT2D eigenvalue weighted by atomic mass is 16.1. The molecule has 78 valence electrons. The SMILES string of the molecule is CCC(=O)Nc1nc2nccc(C)n2n1. The van der Waals surface area contributed by atoms with Gasteiger partial charge in [0.1, 0.15) is 0 Å². The Balaban J connectivity index is 2.39. The van der Waals surface area contributed by atoms with E-state index in [1.807, 2.05) is 13.0 Å². The molecule has 0 aliphatic rings. The van der Waals surface area contributed by atoms with E-state index in [0.717, 1.165) is 5.69 Å². The van der Waals surface area contributed by atoms with E-state index < -0.39 is 0 Å². The first-order valence-corrected chi connectivity index (χ1v) is 4.69. The molecule has 0 aliphatic carbocycles. The van der Waals surface area contributed by atoms with Crippen molar-refractivity contribution in [1.82, 2.24) is 19.6 Å². The molecule has 0 saturated carbocycles. The van der Waals surface area contributed by atoms with E-state index >= 15 is 0 Å². The standard InChI is InChI=1S/C9H11N5O/c1-3-7(15)11-8-12-9-10-5-4-6(2)14(9)13-8/h4-5H,3H2,1-2H3,(H,11,13,15). The molecule has 0 atom stereocenters. The molecule has 2 heterocycles. The number of nitrogens with one attached hydrogen (secondary N) is 1. The number of fused-ring (bicyclic) bond motifs is 1. The highest BCUT2D eigenvalue weighted by Crippen LogP contribution is 2.05. The van der Waals surface area contributed by atoms with Crippen LogP contribution in [0.5, 0.6) is 0 Å². The van der Waals surface area contributed by atoms with Crippen molar-refractivity contribution >= 4 is 17.6 Å². The third-order valence-electron chi connectivity index (χ3n) is 2.00. The average Bonchev–Trinajstić information content (AvgIpc) is 2.62. The van der Waals surface area contributed by atoms with Crippen molar-refractivity contribution in [3.8, 4) is 0 Å². The molecule has 0 spiro atoms. The van der Waals surface area contributed by atoms with Crippen LogP contribution in [0.15, 0.2) is 12.3 Å². The predicted octanol–water partition coefficient (Wildman–Crippen LogP) is 0.781.